The van der Waals surface area contributed by atoms with Gasteiger partial charge in [0.05, 0.1) is 27.8 Å². The van der Waals surface area contributed by atoms with Gasteiger partial charge >= 0.3 is 0 Å². The van der Waals surface area contributed by atoms with Crippen molar-refractivity contribution >= 4 is 43.6 Å². The van der Waals surface area contributed by atoms with Crippen molar-refractivity contribution in [3.8, 4) is 55.9 Å². The molecule has 2 heterocycles. The molecule has 262 valence electrons. The average Bonchev–Trinajstić information content (AvgIpc) is 3.80. The Hall–Kier alpha value is -7.42. The van der Waals surface area contributed by atoms with E-state index in [0.717, 1.165) is 5.69 Å². The lowest BCUT2D eigenvalue weighted by Gasteiger charge is -2.15. The summed E-state index contributed by atoms with van der Waals surface area (Å²) >= 11 is 0. The number of hydrogen-bond donors (Lipinski definition) is 0. The summed E-state index contributed by atoms with van der Waals surface area (Å²) in [6.07, 6.45) is 0. The Kier molecular flexibility index (Phi) is 7.53. The lowest BCUT2D eigenvalue weighted by Crippen LogP contribution is -1.97. The van der Waals surface area contributed by atoms with Crippen LogP contribution in [0.15, 0.2) is 218 Å². The molecule has 0 amide bonds. The fourth-order valence-corrected chi connectivity index (χ4v) is 8.73. The minimum atomic E-state index is 1.15. The number of aromatic nitrogens is 2. The van der Waals surface area contributed by atoms with Crippen LogP contribution in [0.2, 0.25) is 0 Å². The largest absolute Gasteiger partial charge is 0.309 e. The van der Waals surface area contributed by atoms with Crippen LogP contribution in [0.3, 0.4) is 0 Å². The van der Waals surface area contributed by atoms with E-state index in [4.69, 9.17) is 0 Å². The SMILES string of the molecule is c1ccc(-c2ccc(-c3ccc(-n4c5ccccc5c5c6c7ccccc7n(-c7ccccc7-c7ccc(-c8ccccc8)cc7)c6ccc54)cc3)cc2)cc1. The fraction of sp³-hybridized carbons (Fsp3) is 0. The summed E-state index contributed by atoms with van der Waals surface area (Å²) in [5.74, 6) is 0. The van der Waals surface area contributed by atoms with E-state index >= 15 is 0 Å². The molecule has 0 aliphatic carbocycles. The van der Waals surface area contributed by atoms with Crippen molar-refractivity contribution in [2.75, 3.05) is 0 Å². The number of para-hydroxylation sites is 3. The molecule has 11 aromatic rings. The van der Waals surface area contributed by atoms with Crippen LogP contribution in [0.1, 0.15) is 0 Å². The van der Waals surface area contributed by atoms with Crippen LogP contribution < -0.4 is 0 Å². The normalized spacial score (nSPS) is 11.6. The zero-order chi connectivity index (χ0) is 37.0. The molecule has 0 radical (unpaired) electrons. The van der Waals surface area contributed by atoms with Crippen molar-refractivity contribution in [1.82, 2.24) is 9.13 Å². The maximum atomic E-state index is 2.47. The summed E-state index contributed by atoms with van der Waals surface area (Å²) in [4.78, 5) is 0. The molecule has 0 N–H and O–H groups in total. The van der Waals surface area contributed by atoms with Crippen LogP contribution in [0.4, 0.5) is 0 Å². The summed E-state index contributed by atoms with van der Waals surface area (Å²) in [6, 6.07) is 79.2. The van der Waals surface area contributed by atoms with E-state index in [0.29, 0.717) is 0 Å². The minimum Gasteiger partial charge on any atom is -0.309 e. The zero-order valence-electron chi connectivity index (χ0n) is 30.7. The Labute approximate surface area is 325 Å². The van der Waals surface area contributed by atoms with Crippen LogP contribution in [0, 0.1) is 0 Å². The predicted octanol–water partition coefficient (Wildman–Crippen LogP) is 14.5. The average molecular weight is 713 g/mol. The quantitative estimate of drug-likeness (QED) is 0.162. The minimum absolute atomic E-state index is 1.15. The second kappa shape index (κ2) is 13.2. The predicted molar refractivity (Wildman–Crippen MR) is 237 cm³/mol. The second-order valence-corrected chi connectivity index (χ2v) is 14.5. The highest BCUT2D eigenvalue weighted by molar-refractivity contribution is 6.29. The molecule has 2 aromatic heterocycles. The van der Waals surface area contributed by atoms with E-state index in [1.54, 1.807) is 0 Å². The van der Waals surface area contributed by atoms with Gasteiger partial charge in [0, 0.05) is 32.8 Å². The molecule has 0 aliphatic rings. The van der Waals surface area contributed by atoms with Gasteiger partial charge in [-0.25, -0.2) is 0 Å². The first-order chi connectivity index (χ1) is 27.8. The molecular formula is C54H36N2. The topological polar surface area (TPSA) is 9.86 Å². The third-order valence-electron chi connectivity index (χ3n) is 11.4. The Morgan fingerprint density at radius 2 is 0.607 bits per heavy atom. The van der Waals surface area contributed by atoms with Gasteiger partial charge in [-0.3, -0.25) is 0 Å². The molecule has 0 saturated heterocycles. The van der Waals surface area contributed by atoms with Gasteiger partial charge in [0.2, 0.25) is 0 Å². The molecule has 11 rings (SSSR count). The highest BCUT2D eigenvalue weighted by Gasteiger charge is 2.21. The highest BCUT2D eigenvalue weighted by atomic mass is 15.0. The maximum absolute atomic E-state index is 2.47. The molecule has 0 saturated carbocycles. The smallest absolute Gasteiger partial charge is 0.0549 e. The van der Waals surface area contributed by atoms with E-state index in [2.05, 4.69) is 228 Å². The first-order valence-electron chi connectivity index (χ1n) is 19.3. The van der Waals surface area contributed by atoms with Gasteiger partial charge in [-0.1, -0.05) is 176 Å². The van der Waals surface area contributed by atoms with E-state index in [9.17, 15) is 0 Å². The monoisotopic (exact) mass is 712 g/mol. The van der Waals surface area contributed by atoms with Crippen LogP contribution in [0.25, 0.3) is 99.5 Å². The standard InChI is InChI=1S/C54H36N2/c1-3-13-37(14-4-1)39-23-25-41(26-24-39)42-31-33-44(34-32-42)55-49-21-11-8-18-46(49)53-51(55)35-36-52-54(53)47-19-9-12-22-50(47)56(52)48-20-10-7-17-45(48)43-29-27-40(28-30-43)38-15-5-2-6-16-38/h1-36H. The van der Waals surface area contributed by atoms with Gasteiger partial charge < -0.3 is 9.13 Å². The molecule has 2 heteroatoms. The third-order valence-corrected chi connectivity index (χ3v) is 11.4. The summed E-state index contributed by atoms with van der Waals surface area (Å²) < 4.78 is 4.90. The summed E-state index contributed by atoms with van der Waals surface area (Å²) in [5.41, 5.74) is 16.8. The van der Waals surface area contributed by atoms with Crippen molar-refractivity contribution in [3.63, 3.8) is 0 Å². The van der Waals surface area contributed by atoms with Gasteiger partial charge in [-0.05, 0) is 81.4 Å². The number of fused-ring (bicyclic) bond motifs is 7. The van der Waals surface area contributed by atoms with Crippen LogP contribution in [0.5, 0.6) is 0 Å². The van der Waals surface area contributed by atoms with E-state index < -0.39 is 0 Å². The van der Waals surface area contributed by atoms with Gasteiger partial charge in [0.25, 0.3) is 0 Å². The first-order valence-corrected chi connectivity index (χ1v) is 19.3. The van der Waals surface area contributed by atoms with Crippen molar-refractivity contribution in [1.29, 1.82) is 0 Å². The fourth-order valence-electron chi connectivity index (χ4n) is 8.73. The molecule has 0 aliphatic heterocycles. The summed E-state index contributed by atoms with van der Waals surface area (Å²) in [6.45, 7) is 0. The Morgan fingerprint density at radius 3 is 1.14 bits per heavy atom. The third kappa shape index (κ3) is 5.19. The lowest BCUT2D eigenvalue weighted by molar-refractivity contribution is 1.17. The molecule has 2 nitrogen and oxygen atoms in total. The van der Waals surface area contributed by atoms with Crippen LogP contribution in [-0.2, 0) is 0 Å². The molecular weight excluding hydrogens is 677 g/mol. The Bertz CT molecular complexity index is 3190. The van der Waals surface area contributed by atoms with E-state index in [1.807, 2.05) is 0 Å². The van der Waals surface area contributed by atoms with Gasteiger partial charge in [-0.15, -0.1) is 0 Å². The molecule has 0 bridgehead atoms. The number of hydrogen-bond acceptors (Lipinski definition) is 0. The Balaban J connectivity index is 1.06. The van der Waals surface area contributed by atoms with E-state index in [-0.39, 0.29) is 0 Å². The number of benzene rings is 9. The highest BCUT2D eigenvalue weighted by Crippen LogP contribution is 2.43. The van der Waals surface area contributed by atoms with Crippen molar-refractivity contribution in [3.05, 3.63) is 218 Å². The second-order valence-electron chi connectivity index (χ2n) is 14.5. The summed E-state index contributed by atoms with van der Waals surface area (Å²) in [5, 5.41) is 5.05. The van der Waals surface area contributed by atoms with Crippen molar-refractivity contribution in [2.24, 2.45) is 0 Å². The molecule has 0 unspecified atom stereocenters. The Morgan fingerprint density at radius 1 is 0.232 bits per heavy atom. The molecule has 0 fully saturated rings. The van der Waals surface area contributed by atoms with Gasteiger partial charge in [0.1, 0.15) is 0 Å². The number of rotatable bonds is 6. The number of nitrogens with zero attached hydrogens (tertiary/aromatic N) is 2. The molecule has 56 heavy (non-hydrogen) atoms. The van der Waals surface area contributed by atoms with E-state index in [1.165, 1.54) is 93.8 Å². The zero-order valence-corrected chi connectivity index (χ0v) is 30.7. The van der Waals surface area contributed by atoms with Crippen LogP contribution in [-0.4, -0.2) is 9.13 Å². The van der Waals surface area contributed by atoms with Crippen LogP contribution >= 0.6 is 0 Å². The van der Waals surface area contributed by atoms with Crippen molar-refractivity contribution in [2.45, 2.75) is 0 Å². The summed E-state index contributed by atoms with van der Waals surface area (Å²) in [7, 11) is 0. The maximum Gasteiger partial charge on any atom is 0.0549 e. The molecule has 9 aromatic carbocycles. The van der Waals surface area contributed by atoms with Crippen molar-refractivity contribution < 1.29 is 0 Å². The molecule has 0 atom stereocenters. The first kappa shape index (κ1) is 32.0. The molecule has 0 spiro atoms. The lowest BCUT2D eigenvalue weighted by atomic mass is 9.99. The van der Waals surface area contributed by atoms with Gasteiger partial charge in [0.15, 0.2) is 0 Å². The van der Waals surface area contributed by atoms with Gasteiger partial charge in [-0.2, -0.15) is 0 Å².